The predicted octanol–water partition coefficient (Wildman–Crippen LogP) is 1.44. The van der Waals surface area contributed by atoms with Gasteiger partial charge < -0.3 is 0 Å². The molecule has 6 nitrogen and oxygen atoms in total. The van der Waals surface area contributed by atoms with E-state index in [1.807, 2.05) is 0 Å². The first-order chi connectivity index (χ1) is 7.08. The SMILES string of the molecule is C#CCCCN(CC=C)S(=O)(=O)N=[N+]=[N-]. The van der Waals surface area contributed by atoms with E-state index < -0.39 is 10.2 Å². The van der Waals surface area contributed by atoms with Crippen molar-refractivity contribution >= 4 is 10.2 Å². The monoisotopic (exact) mass is 228 g/mol. The average Bonchev–Trinajstić information content (AvgIpc) is 2.16. The Bertz CT molecular complexity index is 389. The van der Waals surface area contributed by atoms with E-state index in [0.29, 0.717) is 12.8 Å². The Labute approximate surface area is 89.4 Å². The molecule has 0 aliphatic heterocycles. The summed E-state index contributed by atoms with van der Waals surface area (Å²) in [6, 6.07) is 0. The summed E-state index contributed by atoms with van der Waals surface area (Å²) < 4.78 is 26.4. The fourth-order valence-corrected chi connectivity index (χ4v) is 1.75. The van der Waals surface area contributed by atoms with Crippen LogP contribution < -0.4 is 0 Å². The van der Waals surface area contributed by atoms with Crippen molar-refractivity contribution in [1.29, 1.82) is 0 Å². The highest BCUT2D eigenvalue weighted by Crippen LogP contribution is 2.05. The standard InChI is InChI=1S/C8H12N4O2S/c1-3-5-6-8-12(7-4-2)15(13,14)11-10-9/h1,4H,2,5-8H2. The fraction of sp³-hybridized carbons (Fsp3) is 0.500. The van der Waals surface area contributed by atoms with Gasteiger partial charge in [0.2, 0.25) is 0 Å². The summed E-state index contributed by atoms with van der Waals surface area (Å²) in [4.78, 5) is 2.26. The Morgan fingerprint density at radius 1 is 1.67 bits per heavy atom. The third-order valence-corrected chi connectivity index (χ3v) is 2.79. The fourth-order valence-electron chi connectivity index (χ4n) is 0.900. The molecular formula is C8H12N4O2S. The molecule has 0 aliphatic rings. The maximum absolute atomic E-state index is 11.3. The minimum Gasteiger partial charge on any atom is -0.204 e. The van der Waals surface area contributed by atoms with Gasteiger partial charge in [-0.1, -0.05) is 6.08 Å². The zero-order valence-electron chi connectivity index (χ0n) is 8.20. The summed E-state index contributed by atoms with van der Waals surface area (Å²) >= 11 is 0. The van der Waals surface area contributed by atoms with E-state index in [9.17, 15) is 8.42 Å². The normalized spacial score (nSPS) is 10.4. The van der Waals surface area contributed by atoms with Crippen LogP contribution in [0.3, 0.4) is 0 Å². The summed E-state index contributed by atoms with van der Waals surface area (Å²) in [5.41, 5.74) is 8.08. The van der Waals surface area contributed by atoms with Crippen LogP contribution in [-0.4, -0.2) is 25.8 Å². The number of hydrogen-bond donors (Lipinski definition) is 0. The lowest BCUT2D eigenvalue weighted by atomic mass is 10.3. The molecule has 0 heterocycles. The molecule has 0 atom stereocenters. The molecule has 7 heteroatoms. The molecule has 0 spiro atoms. The van der Waals surface area contributed by atoms with Crippen molar-refractivity contribution in [2.75, 3.05) is 13.1 Å². The molecule has 0 saturated carbocycles. The van der Waals surface area contributed by atoms with Crippen molar-refractivity contribution in [1.82, 2.24) is 4.31 Å². The molecule has 0 saturated heterocycles. The van der Waals surface area contributed by atoms with Gasteiger partial charge in [-0.2, -0.15) is 4.31 Å². The summed E-state index contributed by atoms with van der Waals surface area (Å²) in [7, 11) is -3.91. The highest BCUT2D eigenvalue weighted by Gasteiger charge is 2.18. The van der Waals surface area contributed by atoms with Gasteiger partial charge in [-0.15, -0.1) is 18.9 Å². The summed E-state index contributed by atoms with van der Waals surface area (Å²) in [5.74, 6) is 2.40. The number of rotatable bonds is 7. The number of nitrogens with zero attached hydrogens (tertiary/aromatic N) is 4. The molecule has 0 aliphatic carbocycles. The topological polar surface area (TPSA) is 86.1 Å². The van der Waals surface area contributed by atoms with Gasteiger partial charge in [-0.05, 0) is 12.0 Å². The minimum atomic E-state index is -3.91. The first kappa shape index (κ1) is 13.5. The second-order valence-electron chi connectivity index (χ2n) is 2.60. The Hall–Kier alpha value is -1.48. The minimum absolute atomic E-state index is 0.103. The molecule has 0 radical (unpaired) electrons. The molecule has 0 bridgehead atoms. The molecule has 0 fully saturated rings. The van der Waals surface area contributed by atoms with Crippen LogP contribution in [0.4, 0.5) is 0 Å². The van der Waals surface area contributed by atoms with E-state index in [1.54, 1.807) is 0 Å². The van der Waals surface area contributed by atoms with Crippen LogP contribution in [0.5, 0.6) is 0 Å². The Morgan fingerprint density at radius 3 is 2.80 bits per heavy atom. The maximum atomic E-state index is 11.3. The third-order valence-electron chi connectivity index (χ3n) is 1.53. The van der Waals surface area contributed by atoms with Crippen molar-refractivity contribution in [3.05, 3.63) is 23.1 Å². The van der Waals surface area contributed by atoms with Crippen molar-refractivity contribution in [3.8, 4) is 12.3 Å². The Balaban J connectivity index is 4.59. The van der Waals surface area contributed by atoms with Gasteiger partial charge in [0.25, 0.3) is 0 Å². The highest BCUT2D eigenvalue weighted by atomic mass is 32.2. The van der Waals surface area contributed by atoms with Crippen LogP contribution in [0, 0.1) is 12.3 Å². The number of hydrogen-bond acceptors (Lipinski definition) is 2. The molecule has 15 heavy (non-hydrogen) atoms. The van der Waals surface area contributed by atoms with Crippen LogP contribution in [0.2, 0.25) is 0 Å². The summed E-state index contributed by atoms with van der Waals surface area (Å²) in [5, 5.41) is 0. The van der Waals surface area contributed by atoms with E-state index in [4.69, 9.17) is 12.0 Å². The van der Waals surface area contributed by atoms with Crippen molar-refractivity contribution < 1.29 is 8.42 Å². The second kappa shape index (κ2) is 6.90. The molecule has 0 aromatic heterocycles. The van der Waals surface area contributed by atoms with Crippen molar-refractivity contribution in [3.63, 3.8) is 0 Å². The molecule has 0 rings (SSSR count). The maximum Gasteiger partial charge on any atom is 0.302 e. The van der Waals surface area contributed by atoms with Gasteiger partial charge in [-0.25, -0.2) is 8.42 Å². The van der Waals surface area contributed by atoms with Gasteiger partial charge in [0.1, 0.15) is 0 Å². The van der Waals surface area contributed by atoms with Crippen LogP contribution in [-0.2, 0) is 10.2 Å². The van der Waals surface area contributed by atoms with Gasteiger partial charge in [0, 0.05) is 28.9 Å². The van der Waals surface area contributed by atoms with E-state index >= 15 is 0 Å². The third kappa shape index (κ3) is 5.08. The van der Waals surface area contributed by atoms with Crippen LogP contribution >= 0.6 is 0 Å². The zero-order chi connectivity index (χ0) is 11.7. The average molecular weight is 228 g/mol. The number of terminal acetylenes is 1. The smallest absolute Gasteiger partial charge is 0.204 e. The largest absolute Gasteiger partial charge is 0.302 e. The van der Waals surface area contributed by atoms with Gasteiger partial charge in [0.15, 0.2) is 0 Å². The van der Waals surface area contributed by atoms with Gasteiger partial charge >= 0.3 is 10.2 Å². The second-order valence-corrected chi connectivity index (χ2v) is 4.18. The molecule has 0 unspecified atom stereocenters. The summed E-state index contributed by atoms with van der Waals surface area (Å²) in [6.07, 6.45) is 7.44. The molecule has 0 N–H and O–H groups in total. The van der Waals surface area contributed by atoms with Crippen LogP contribution in [0.25, 0.3) is 10.4 Å². The molecule has 82 valence electrons. The molecule has 0 aromatic carbocycles. The molecular weight excluding hydrogens is 216 g/mol. The van der Waals surface area contributed by atoms with E-state index in [-0.39, 0.29) is 13.1 Å². The number of azide groups is 1. The predicted molar refractivity (Wildman–Crippen MR) is 57.9 cm³/mol. The zero-order valence-corrected chi connectivity index (χ0v) is 9.02. The van der Waals surface area contributed by atoms with Crippen LogP contribution in [0.1, 0.15) is 12.8 Å². The van der Waals surface area contributed by atoms with Gasteiger partial charge in [0.05, 0.1) is 0 Å². The Morgan fingerprint density at radius 2 is 2.33 bits per heavy atom. The quantitative estimate of drug-likeness (QED) is 0.165. The van der Waals surface area contributed by atoms with E-state index in [1.165, 1.54) is 6.08 Å². The molecule has 0 amide bonds. The molecule has 0 aromatic rings. The lowest BCUT2D eigenvalue weighted by Gasteiger charge is -2.16. The van der Waals surface area contributed by atoms with Gasteiger partial charge in [-0.3, -0.25) is 0 Å². The highest BCUT2D eigenvalue weighted by molar-refractivity contribution is 7.87. The summed E-state index contributed by atoms with van der Waals surface area (Å²) in [6.45, 7) is 3.74. The lowest BCUT2D eigenvalue weighted by Crippen LogP contribution is -2.30. The first-order valence-electron chi connectivity index (χ1n) is 4.19. The van der Waals surface area contributed by atoms with E-state index in [2.05, 4.69) is 21.9 Å². The van der Waals surface area contributed by atoms with Crippen molar-refractivity contribution in [2.24, 2.45) is 4.52 Å². The van der Waals surface area contributed by atoms with Crippen molar-refractivity contribution in [2.45, 2.75) is 12.8 Å². The first-order valence-corrected chi connectivity index (χ1v) is 5.59. The van der Waals surface area contributed by atoms with Crippen LogP contribution in [0.15, 0.2) is 17.2 Å². The number of unbranched alkanes of at least 4 members (excludes halogenated alkanes) is 1. The Kier molecular flexibility index (Phi) is 6.22. The lowest BCUT2D eigenvalue weighted by molar-refractivity contribution is 0.438. The van der Waals surface area contributed by atoms with E-state index in [0.717, 1.165) is 4.31 Å².